The highest BCUT2D eigenvalue weighted by atomic mass is 16.6. The monoisotopic (exact) mass is 338 g/mol. The van der Waals surface area contributed by atoms with Crippen LogP contribution in [-0.2, 0) is 23.9 Å². The van der Waals surface area contributed by atoms with Crippen molar-refractivity contribution in [2.75, 3.05) is 13.7 Å². The molecule has 0 aromatic rings. The highest BCUT2D eigenvalue weighted by Crippen LogP contribution is 2.31. The molecule has 0 spiro atoms. The van der Waals surface area contributed by atoms with Crippen LogP contribution in [0.25, 0.3) is 0 Å². The van der Waals surface area contributed by atoms with E-state index in [0.717, 1.165) is 0 Å². The van der Waals surface area contributed by atoms with Gasteiger partial charge in [-0.15, -0.1) is 0 Å². The predicted octanol–water partition coefficient (Wildman–Crippen LogP) is 1.62. The number of carbonyl (C=O) groups is 3. The molecule has 2 atom stereocenters. The summed E-state index contributed by atoms with van der Waals surface area (Å²) < 4.78 is 9.95. The molecular weight excluding hydrogens is 312 g/mol. The van der Waals surface area contributed by atoms with Gasteiger partial charge in [0, 0.05) is 22.9 Å². The van der Waals surface area contributed by atoms with E-state index in [2.05, 4.69) is 10.3 Å². The summed E-state index contributed by atoms with van der Waals surface area (Å²) >= 11 is 0. The summed E-state index contributed by atoms with van der Waals surface area (Å²) in [5, 5.41) is 2.54. The first-order chi connectivity index (χ1) is 11.0. The summed E-state index contributed by atoms with van der Waals surface area (Å²) in [6.45, 7) is 10.2. The second-order valence-corrected chi connectivity index (χ2v) is 6.81. The van der Waals surface area contributed by atoms with E-state index < -0.39 is 35.3 Å². The highest BCUT2D eigenvalue weighted by molar-refractivity contribution is 6.06. The summed E-state index contributed by atoms with van der Waals surface area (Å²) in [7, 11) is 1.30. The number of amides is 1. The smallest absolute Gasteiger partial charge is 0.325 e. The number of aliphatic imine (C=N–C) groups is 1. The molecule has 1 N–H and O–H groups in total. The molecule has 0 bridgehead atoms. The molecular formula is C17H26N2O5. The number of nitrogens with zero attached hydrogens (tertiary/aromatic N) is 1. The van der Waals surface area contributed by atoms with Gasteiger partial charge in [0.2, 0.25) is 5.91 Å². The molecule has 7 heteroatoms. The van der Waals surface area contributed by atoms with Crippen molar-refractivity contribution in [3.8, 4) is 0 Å². The van der Waals surface area contributed by atoms with Crippen LogP contribution in [0, 0.1) is 11.8 Å². The first kappa shape index (κ1) is 19.9. The Labute approximate surface area is 142 Å². The average molecular weight is 338 g/mol. The summed E-state index contributed by atoms with van der Waals surface area (Å²) in [5.41, 5.74) is 0.893. The van der Waals surface area contributed by atoms with Gasteiger partial charge in [0.05, 0.1) is 7.11 Å². The molecule has 1 aliphatic rings. The second-order valence-electron chi connectivity index (χ2n) is 6.81. The number of hydrogen-bond acceptors (Lipinski definition) is 6. The third kappa shape index (κ3) is 4.91. The van der Waals surface area contributed by atoms with Crippen LogP contribution in [0.5, 0.6) is 0 Å². The van der Waals surface area contributed by atoms with E-state index in [1.54, 1.807) is 41.5 Å². The number of nitrogens with one attached hydrogen (secondary N) is 1. The fourth-order valence-electron chi connectivity index (χ4n) is 2.75. The molecule has 1 aliphatic heterocycles. The molecule has 0 aromatic carbocycles. The van der Waals surface area contributed by atoms with E-state index in [9.17, 15) is 14.4 Å². The van der Waals surface area contributed by atoms with Gasteiger partial charge in [0.1, 0.15) is 18.1 Å². The number of rotatable bonds is 4. The number of esters is 2. The molecule has 1 rings (SSSR count). The van der Waals surface area contributed by atoms with E-state index in [4.69, 9.17) is 9.47 Å². The topological polar surface area (TPSA) is 94.1 Å². The minimum atomic E-state index is -0.619. The lowest BCUT2D eigenvalue weighted by molar-refractivity contribution is -0.154. The Balaban J connectivity index is 2.87. The zero-order valence-electron chi connectivity index (χ0n) is 15.4. The third-order valence-corrected chi connectivity index (χ3v) is 3.65. The van der Waals surface area contributed by atoms with Crippen molar-refractivity contribution in [3.05, 3.63) is 11.3 Å². The Morgan fingerprint density at radius 3 is 2.29 bits per heavy atom. The molecule has 1 amide bonds. The standard InChI is InChI=1S/C17H26N2O5/c1-9-13(10(2)19-11(3)14(9)16(22)23-7)15(21)18-8-12(20)24-17(4,5)6/h9,14H,8H2,1-7H3,(H,18,21). The summed E-state index contributed by atoms with van der Waals surface area (Å²) in [6, 6.07) is 0. The largest absolute Gasteiger partial charge is 0.468 e. The van der Waals surface area contributed by atoms with Gasteiger partial charge in [0.15, 0.2) is 0 Å². The molecule has 0 aromatic heterocycles. The molecule has 0 radical (unpaired) electrons. The molecule has 0 saturated heterocycles. The van der Waals surface area contributed by atoms with Crippen molar-refractivity contribution < 1.29 is 23.9 Å². The molecule has 1 heterocycles. The lowest BCUT2D eigenvalue weighted by Crippen LogP contribution is -2.41. The Kier molecular flexibility index (Phi) is 6.29. The quantitative estimate of drug-likeness (QED) is 0.786. The van der Waals surface area contributed by atoms with Gasteiger partial charge < -0.3 is 14.8 Å². The highest BCUT2D eigenvalue weighted by Gasteiger charge is 2.37. The van der Waals surface area contributed by atoms with Crippen molar-refractivity contribution >= 4 is 23.6 Å². The molecule has 0 aliphatic carbocycles. The lowest BCUT2D eigenvalue weighted by Gasteiger charge is -2.28. The summed E-state index contributed by atoms with van der Waals surface area (Å²) in [4.78, 5) is 40.4. The van der Waals surface area contributed by atoms with Gasteiger partial charge in [-0.2, -0.15) is 0 Å². The number of allylic oxidation sites excluding steroid dienone is 1. The fourth-order valence-corrected chi connectivity index (χ4v) is 2.75. The van der Waals surface area contributed by atoms with Crippen molar-refractivity contribution in [3.63, 3.8) is 0 Å². The van der Waals surface area contributed by atoms with Gasteiger partial charge in [-0.1, -0.05) is 6.92 Å². The Morgan fingerprint density at radius 1 is 1.21 bits per heavy atom. The lowest BCUT2D eigenvalue weighted by atomic mass is 9.81. The number of hydrogen-bond donors (Lipinski definition) is 1. The third-order valence-electron chi connectivity index (χ3n) is 3.65. The van der Waals surface area contributed by atoms with Crippen LogP contribution in [0.4, 0.5) is 0 Å². The molecule has 24 heavy (non-hydrogen) atoms. The van der Waals surface area contributed by atoms with Gasteiger partial charge in [0.25, 0.3) is 0 Å². The maximum Gasteiger partial charge on any atom is 0.325 e. The van der Waals surface area contributed by atoms with Crippen LogP contribution in [0.1, 0.15) is 41.5 Å². The molecule has 134 valence electrons. The summed E-state index contributed by atoms with van der Waals surface area (Å²) in [6.07, 6.45) is 0. The predicted molar refractivity (Wildman–Crippen MR) is 89.3 cm³/mol. The van der Waals surface area contributed by atoms with Crippen LogP contribution >= 0.6 is 0 Å². The molecule has 2 unspecified atom stereocenters. The maximum atomic E-state index is 12.5. The van der Waals surface area contributed by atoms with E-state index in [0.29, 0.717) is 17.0 Å². The number of carbonyl (C=O) groups excluding carboxylic acids is 3. The Hall–Kier alpha value is -2.18. The SMILES string of the molecule is COC(=O)C1C(C)=NC(C)=C(C(=O)NCC(=O)OC(C)(C)C)C1C. The van der Waals surface area contributed by atoms with Crippen molar-refractivity contribution in [1.29, 1.82) is 0 Å². The second kappa shape index (κ2) is 7.59. The average Bonchev–Trinajstić information content (AvgIpc) is 2.42. The van der Waals surface area contributed by atoms with Gasteiger partial charge in [-0.25, -0.2) is 0 Å². The van der Waals surface area contributed by atoms with Gasteiger partial charge in [-0.05, 0) is 34.6 Å². The Bertz CT molecular complexity index is 599. The fraction of sp³-hybridized carbons (Fsp3) is 0.647. The van der Waals surface area contributed by atoms with Crippen molar-refractivity contribution in [2.45, 2.75) is 47.1 Å². The van der Waals surface area contributed by atoms with Gasteiger partial charge in [-0.3, -0.25) is 19.4 Å². The maximum absolute atomic E-state index is 12.5. The minimum absolute atomic E-state index is 0.245. The van der Waals surface area contributed by atoms with Crippen LogP contribution in [-0.4, -0.2) is 42.8 Å². The van der Waals surface area contributed by atoms with Crippen LogP contribution in [0.2, 0.25) is 0 Å². The van der Waals surface area contributed by atoms with Crippen LogP contribution < -0.4 is 5.32 Å². The van der Waals surface area contributed by atoms with Crippen LogP contribution in [0.15, 0.2) is 16.3 Å². The van der Waals surface area contributed by atoms with Crippen molar-refractivity contribution in [2.24, 2.45) is 16.8 Å². The first-order valence-corrected chi connectivity index (χ1v) is 7.81. The van der Waals surface area contributed by atoms with Crippen molar-refractivity contribution in [1.82, 2.24) is 5.32 Å². The molecule has 0 saturated carbocycles. The van der Waals surface area contributed by atoms with Gasteiger partial charge >= 0.3 is 11.9 Å². The first-order valence-electron chi connectivity index (χ1n) is 7.81. The minimum Gasteiger partial charge on any atom is -0.468 e. The van der Waals surface area contributed by atoms with Crippen LogP contribution in [0.3, 0.4) is 0 Å². The van der Waals surface area contributed by atoms with E-state index in [1.165, 1.54) is 7.11 Å². The normalized spacial score (nSPS) is 21.0. The van der Waals surface area contributed by atoms with E-state index in [-0.39, 0.29) is 6.54 Å². The van der Waals surface area contributed by atoms with E-state index in [1.807, 2.05) is 0 Å². The zero-order valence-corrected chi connectivity index (χ0v) is 15.4. The number of methoxy groups -OCH3 is 1. The summed E-state index contributed by atoms with van der Waals surface area (Å²) in [5.74, 6) is -2.40. The Morgan fingerprint density at radius 2 is 1.79 bits per heavy atom. The van der Waals surface area contributed by atoms with E-state index >= 15 is 0 Å². The zero-order chi connectivity index (χ0) is 18.7. The molecule has 7 nitrogen and oxygen atoms in total. The molecule has 0 fully saturated rings. The number of ether oxygens (including phenoxy) is 2.